The summed E-state index contributed by atoms with van der Waals surface area (Å²) in [5.41, 5.74) is 0. The Morgan fingerprint density at radius 3 is 0.816 bits per heavy atom. The maximum atomic E-state index is 12.6. The van der Waals surface area contributed by atoms with Gasteiger partial charge in [-0.05, 0) is 51.4 Å². The van der Waals surface area contributed by atoms with Crippen LogP contribution in [0.5, 0.6) is 0 Å². The van der Waals surface area contributed by atoms with Crippen molar-refractivity contribution >= 4 is 11.9 Å². The second-order valence-corrected chi connectivity index (χ2v) is 28.1. The van der Waals surface area contributed by atoms with Gasteiger partial charge in [-0.1, -0.05) is 418 Å². The molecule has 2 unspecified atom stereocenters. The number of carbonyl (C=O) groups is 2. The Morgan fingerprint density at radius 1 is 0.310 bits per heavy atom. The summed E-state index contributed by atoms with van der Waals surface area (Å²) in [5.74, 6) is -0.00545. The number of aliphatic hydroxyl groups is 2. The van der Waals surface area contributed by atoms with E-state index in [0.717, 1.165) is 38.5 Å². The fraction of sp³-hybridized carbons (Fsp3) is 0.951. The summed E-state index contributed by atoms with van der Waals surface area (Å²) in [6.07, 6.45) is 97.3. The average Bonchev–Trinajstić information content (AvgIpc) is 3.52. The molecule has 0 radical (unpaired) electrons. The molecule has 0 saturated heterocycles. The van der Waals surface area contributed by atoms with E-state index in [1.165, 1.54) is 398 Å². The molecule has 6 nitrogen and oxygen atoms in total. The van der Waals surface area contributed by atoms with Gasteiger partial charge in [-0.25, -0.2) is 0 Å². The van der Waals surface area contributed by atoms with Gasteiger partial charge < -0.3 is 20.3 Å². The molecule has 0 saturated carbocycles. The van der Waals surface area contributed by atoms with Crippen molar-refractivity contribution in [3.8, 4) is 0 Å². The van der Waals surface area contributed by atoms with Gasteiger partial charge in [0.2, 0.25) is 5.91 Å². The fourth-order valence-corrected chi connectivity index (χ4v) is 13.2. The van der Waals surface area contributed by atoms with E-state index in [2.05, 4.69) is 31.3 Å². The zero-order valence-electron chi connectivity index (χ0n) is 59.5. The molecule has 0 heterocycles. The van der Waals surface area contributed by atoms with E-state index >= 15 is 0 Å². The molecule has 3 N–H and O–H groups in total. The van der Waals surface area contributed by atoms with Crippen LogP contribution in [0.15, 0.2) is 12.2 Å². The molecule has 0 rings (SSSR count). The first-order valence-electron chi connectivity index (χ1n) is 40.4. The Bertz CT molecular complexity index is 1320. The Kier molecular flexibility index (Phi) is 75.8. The van der Waals surface area contributed by atoms with Crippen LogP contribution in [0.25, 0.3) is 0 Å². The number of amides is 1. The van der Waals surface area contributed by atoms with E-state index in [1.54, 1.807) is 0 Å². The molecule has 1 amide bonds. The highest BCUT2D eigenvalue weighted by Crippen LogP contribution is 2.20. The van der Waals surface area contributed by atoms with Crippen molar-refractivity contribution in [2.75, 3.05) is 13.2 Å². The molecule has 0 aliphatic carbocycles. The van der Waals surface area contributed by atoms with Crippen molar-refractivity contribution < 1.29 is 24.5 Å². The van der Waals surface area contributed by atoms with Crippen LogP contribution in [0.1, 0.15) is 470 Å². The predicted molar refractivity (Wildman–Crippen MR) is 384 cm³/mol. The quantitative estimate of drug-likeness (QED) is 0.0320. The van der Waals surface area contributed by atoms with Crippen molar-refractivity contribution in [2.24, 2.45) is 0 Å². The number of rotatable bonds is 77. The van der Waals surface area contributed by atoms with Crippen molar-refractivity contribution in [1.82, 2.24) is 5.32 Å². The van der Waals surface area contributed by atoms with Crippen LogP contribution in [-0.2, 0) is 14.3 Å². The number of esters is 1. The van der Waals surface area contributed by atoms with Gasteiger partial charge in [0.05, 0.1) is 25.4 Å². The second kappa shape index (κ2) is 77.1. The first kappa shape index (κ1) is 85.6. The zero-order valence-corrected chi connectivity index (χ0v) is 59.5. The highest BCUT2D eigenvalue weighted by atomic mass is 16.5. The average molecular weight is 1230 g/mol. The number of hydrogen-bond acceptors (Lipinski definition) is 5. The summed E-state index contributed by atoms with van der Waals surface area (Å²) < 4.78 is 5.52. The summed E-state index contributed by atoms with van der Waals surface area (Å²) in [5, 5.41) is 23.5. The predicted octanol–water partition coefficient (Wildman–Crippen LogP) is 26.7. The standard InChI is InChI=1S/C81H159NO5/c1-3-5-7-9-11-13-15-17-19-21-23-24-34-38-41-45-49-53-57-61-65-69-73-79(84)78(77-83)82-80(85)74-70-66-62-58-54-50-46-42-39-35-32-30-28-26-25-27-29-31-33-36-40-44-48-52-56-60-64-68-72-76-87-81(86)75-71-67-63-59-55-51-47-43-37-22-20-18-16-14-12-10-8-6-4-2/h25,27,78-79,83-84H,3-24,26,28-77H2,1-2H3,(H,82,85)/b27-25-. The zero-order chi connectivity index (χ0) is 62.8. The van der Waals surface area contributed by atoms with Crippen molar-refractivity contribution in [2.45, 2.75) is 482 Å². The summed E-state index contributed by atoms with van der Waals surface area (Å²) in [7, 11) is 0. The Hall–Kier alpha value is -1.40. The summed E-state index contributed by atoms with van der Waals surface area (Å²) in [6.45, 7) is 5.02. The first-order chi connectivity index (χ1) is 43.0. The number of carbonyl (C=O) groups excluding carboxylic acids is 2. The monoisotopic (exact) mass is 1230 g/mol. The minimum atomic E-state index is -0.665. The van der Waals surface area contributed by atoms with Crippen LogP contribution in [0.4, 0.5) is 0 Å². The Morgan fingerprint density at radius 2 is 0.540 bits per heavy atom. The lowest BCUT2D eigenvalue weighted by atomic mass is 10.0. The largest absolute Gasteiger partial charge is 0.466 e. The molecule has 0 spiro atoms. The molecular weight excluding hydrogens is 1070 g/mol. The van der Waals surface area contributed by atoms with Crippen LogP contribution in [0.2, 0.25) is 0 Å². The summed E-state index contributed by atoms with van der Waals surface area (Å²) >= 11 is 0. The van der Waals surface area contributed by atoms with Crippen LogP contribution >= 0.6 is 0 Å². The minimum absolute atomic E-state index is 0.0228. The SMILES string of the molecule is CCCCCCCCCCCCCCCCCCCCCCCCC(O)C(CO)NC(=O)CCCCCCCCCCCCCCC/C=C\CCCCCCCCCCCCCCOC(=O)CCCCCCCCCCCCCCCCCCCCC. The Labute approximate surface area is 546 Å². The molecule has 0 aliphatic heterocycles. The normalized spacial score (nSPS) is 12.5. The molecular formula is C81H159NO5. The maximum Gasteiger partial charge on any atom is 0.305 e. The molecule has 0 aromatic carbocycles. The molecule has 0 aromatic heterocycles. The number of aliphatic hydroxyl groups excluding tert-OH is 2. The smallest absolute Gasteiger partial charge is 0.305 e. The van der Waals surface area contributed by atoms with Crippen LogP contribution in [0, 0.1) is 0 Å². The van der Waals surface area contributed by atoms with Crippen molar-refractivity contribution in [3.05, 3.63) is 12.2 Å². The van der Waals surface area contributed by atoms with E-state index in [1.807, 2.05) is 0 Å². The number of ether oxygens (including phenoxy) is 1. The molecule has 87 heavy (non-hydrogen) atoms. The van der Waals surface area contributed by atoms with Crippen LogP contribution in [0.3, 0.4) is 0 Å². The Balaban J connectivity index is 3.35. The fourth-order valence-electron chi connectivity index (χ4n) is 13.2. The van der Waals surface area contributed by atoms with Crippen molar-refractivity contribution in [3.63, 3.8) is 0 Å². The molecule has 0 fully saturated rings. The van der Waals surface area contributed by atoms with Crippen LogP contribution < -0.4 is 5.32 Å². The molecule has 518 valence electrons. The maximum absolute atomic E-state index is 12.6. The number of unbranched alkanes of at least 4 members (excludes halogenated alkanes) is 64. The molecule has 0 aliphatic rings. The minimum Gasteiger partial charge on any atom is -0.466 e. The first-order valence-corrected chi connectivity index (χ1v) is 40.4. The lowest BCUT2D eigenvalue weighted by molar-refractivity contribution is -0.143. The van der Waals surface area contributed by atoms with Gasteiger partial charge in [0, 0.05) is 12.8 Å². The molecule has 0 bridgehead atoms. The third-order valence-electron chi connectivity index (χ3n) is 19.3. The molecule has 6 heteroatoms. The van der Waals surface area contributed by atoms with Gasteiger partial charge in [0.15, 0.2) is 0 Å². The van der Waals surface area contributed by atoms with Gasteiger partial charge in [-0.15, -0.1) is 0 Å². The van der Waals surface area contributed by atoms with E-state index in [0.29, 0.717) is 25.9 Å². The third-order valence-corrected chi connectivity index (χ3v) is 19.3. The second-order valence-electron chi connectivity index (χ2n) is 28.1. The molecule has 0 aromatic rings. The van der Waals surface area contributed by atoms with Gasteiger partial charge in [0.25, 0.3) is 0 Å². The van der Waals surface area contributed by atoms with E-state index in [-0.39, 0.29) is 18.5 Å². The van der Waals surface area contributed by atoms with Gasteiger partial charge >= 0.3 is 5.97 Å². The number of allylic oxidation sites excluding steroid dienone is 2. The summed E-state index contributed by atoms with van der Waals surface area (Å²) in [4.78, 5) is 24.7. The highest BCUT2D eigenvalue weighted by Gasteiger charge is 2.20. The van der Waals surface area contributed by atoms with Gasteiger partial charge in [-0.3, -0.25) is 9.59 Å². The topological polar surface area (TPSA) is 95.9 Å². The van der Waals surface area contributed by atoms with E-state index < -0.39 is 12.1 Å². The van der Waals surface area contributed by atoms with E-state index in [4.69, 9.17) is 4.74 Å². The van der Waals surface area contributed by atoms with Crippen LogP contribution in [-0.4, -0.2) is 47.4 Å². The van der Waals surface area contributed by atoms with Gasteiger partial charge in [0.1, 0.15) is 0 Å². The highest BCUT2D eigenvalue weighted by molar-refractivity contribution is 5.76. The summed E-state index contributed by atoms with van der Waals surface area (Å²) in [6, 6.07) is -0.542. The lowest BCUT2D eigenvalue weighted by Gasteiger charge is -2.22. The van der Waals surface area contributed by atoms with Gasteiger partial charge in [-0.2, -0.15) is 0 Å². The van der Waals surface area contributed by atoms with Crippen molar-refractivity contribution in [1.29, 1.82) is 0 Å². The number of hydrogen-bond donors (Lipinski definition) is 3. The molecule has 2 atom stereocenters. The third kappa shape index (κ3) is 73.5. The van der Waals surface area contributed by atoms with E-state index in [9.17, 15) is 19.8 Å². The lowest BCUT2D eigenvalue weighted by Crippen LogP contribution is -2.45. The number of nitrogens with one attached hydrogen (secondary N) is 1.